The lowest BCUT2D eigenvalue weighted by atomic mass is 10.0. The number of carbonyl (C=O) groups is 2. The number of urea groups is 1. The number of aliphatic carboxylic acids is 1. The van der Waals surface area contributed by atoms with E-state index in [2.05, 4.69) is 5.32 Å². The Morgan fingerprint density at radius 1 is 1.42 bits per heavy atom. The van der Waals surface area contributed by atoms with Crippen molar-refractivity contribution in [3.63, 3.8) is 0 Å². The zero-order valence-electron chi connectivity index (χ0n) is 10.5. The van der Waals surface area contributed by atoms with Crippen molar-refractivity contribution in [1.29, 1.82) is 0 Å². The third-order valence-electron chi connectivity index (χ3n) is 3.23. The van der Waals surface area contributed by atoms with Crippen molar-refractivity contribution in [3.8, 4) is 0 Å². The minimum Gasteiger partial charge on any atom is -0.481 e. The molecule has 102 valence electrons. The molecule has 1 aromatic rings. The van der Waals surface area contributed by atoms with Crippen LogP contribution in [0.4, 0.5) is 9.18 Å². The summed E-state index contributed by atoms with van der Waals surface area (Å²) in [4.78, 5) is 23.8. The number of benzene rings is 1. The predicted molar refractivity (Wildman–Crippen MR) is 66.0 cm³/mol. The second-order valence-electron chi connectivity index (χ2n) is 4.63. The van der Waals surface area contributed by atoms with Gasteiger partial charge in [0, 0.05) is 18.7 Å². The molecule has 0 radical (unpaired) electrons. The van der Waals surface area contributed by atoms with Gasteiger partial charge in [-0.1, -0.05) is 18.2 Å². The first-order valence-electron chi connectivity index (χ1n) is 6.01. The smallest absolute Gasteiger partial charge is 0.317 e. The predicted octanol–water partition coefficient (Wildman–Crippen LogP) is 1.61. The van der Waals surface area contributed by atoms with Crippen molar-refractivity contribution < 1.29 is 19.1 Å². The maximum Gasteiger partial charge on any atom is 0.317 e. The van der Waals surface area contributed by atoms with Gasteiger partial charge in [-0.3, -0.25) is 4.79 Å². The van der Waals surface area contributed by atoms with Gasteiger partial charge in [0.2, 0.25) is 0 Å². The molecule has 0 bridgehead atoms. The molecular weight excluding hydrogens is 251 g/mol. The quantitative estimate of drug-likeness (QED) is 0.873. The molecule has 0 saturated carbocycles. The Balaban J connectivity index is 1.90. The molecule has 1 saturated heterocycles. The number of nitrogens with one attached hydrogen (secondary N) is 1. The van der Waals surface area contributed by atoms with Crippen LogP contribution in [0.1, 0.15) is 18.5 Å². The average Bonchev–Trinajstić information content (AvgIpc) is 2.26. The van der Waals surface area contributed by atoms with Crippen molar-refractivity contribution in [3.05, 3.63) is 35.6 Å². The van der Waals surface area contributed by atoms with Gasteiger partial charge in [-0.05, 0) is 13.0 Å². The summed E-state index contributed by atoms with van der Waals surface area (Å²) in [5.41, 5.74) is 0.408. The summed E-state index contributed by atoms with van der Waals surface area (Å²) in [5.74, 6) is -1.76. The lowest BCUT2D eigenvalue weighted by Gasteiger charge is -2.37. The molecule has 1 aliphatic rings. The topological polar surface area (TPSA) is 69.6 Å². The summed E-state index contributed by atoms with van der Waals surface area (Å²) in [5, 5.41) is 11.4. The van der Waals surface area contributed by atoms with Crippen molar-refractivity contribution >= 4 is 12.0 Å². The molecule has 0 spiro atoms. The molecule has 1 fully saturated rings. The van der Waals surface area contributed by atoms with Crippen molar-refractivity contribution in [1.82, 2.24) is 10.2 Å². The first-order valence-corrected chi connectivity index (χ1v) is 6.01. The van der Waals surface area contributed by atoms with Crippen molar-refractivity contribution in [2.75, 3.05) is 13.1 Å². The van der Waals surface area contributed by atoms with Crippen LogP contribution in [0.3, 0.4) is 0 Å². The number of likely N-dealkylation sites (tertiary alicyclic amines) is 1. The van der Waals surface area contributed by atoms with E-state index in [0.717, 1.165) is 0 Å². The summed E-state index contributed by atoms with van der Waals surface area (Å²) < 4.78 is 13.5. The van der Waals surface area contributed by atoms with E-state index in [9.17, 15) is 14.0 Å². The van der Waals surface area contributed by atoms with E-state index in [0.29, 0.717) is 5.56 Å². The second-order valence-corrected chi connectivity index (χ2v) is 4.63. The number of hydrogen-bond donors (Lipinski definition) is 2. The Bertz CT molecular complexity index is 500. The number of amides is 2. The second kappa shape index (κ2) is 5.26. The Hall–Kier alpha value is -2.11. The Labute approximate surface area is 110 Å². The SMILES string of the molecule is CC(NC(=O)N1CC(C(=O)O)C1)c1ccccc1F. The van der Waals surface area contributed by atoms with Crippen LogP contribution in [0.5, 0.6) is 0 Å². The fourth-order valence-electron chi connectivity index (χ4n) is 1.98. The number of carbonyl (C=O) groups excluding carboxylic acids is 1. The lowest BCUT2D eigenvalue weighted by Crippen LogP contribution is -2.56. The highest BCUT2D eigenvalue weighted by molar-refractivity contribution is 5.80. The minimum atomic E-state index is -0.897. The maximum absolute atomic E-state index is 13.5. The molecule has 2 N–H and O–H groups in total. The van der Waals surface area contributed by atoms with E-state index in [1.807, 2.05) is 0 Å². The molecular formula is C13H15FN2O3. The summed E-state index contributed by atoms with van der Waals surface area (Å²) in [6, 6.07) is 5.40. The molecule has 1 unspecified atom stereocenters. The van der Waals surface area contributed by atoms with E-state index < -0.39 is 17.9 Å². The van der Waals surface area contributed by atoms with Crippen LogP contribution in [0, 0.1) is 11.7 Å². The summed E-state index contributed by atoms with van der Waals surface area (Å²) >= 11 is 0. The first kappa shape index (κ1) is 13.3. The highest BCUT2D eigenvalue weighted by Gasteiger charge is 2.36. The standard InChI is InChI=1S/C13H15FN2O3/c1-8(10-4-2-3-5-11(10)14)15-13(19)16-6-9(7-16)12(17)18/h2-5,8-9H,6-7H2,1H3,(H,15,19)(H,17,18). The Morgan fingerprint density at radius 2 is 2.05 bits per heavy atom. The molecule has 1 atom stereocenters. The number of halogens is 1. The van der Waals surface area contributed by atoms with Crippen LogP contribution in [0.2, 0.25) is 0 Å². The highest BCUT2D eigenvalue weighted by atomic mass is 19.1. The van der Waals surface area contributed by atoms with E-state index in [4.69, 9.17) is 5.11 Å². The fraction of sp³-hybridized carbons (Fsp3) is 0.385. The van der Waals surface area contributed by atoms with Crippen molar-refractivity contribution in [2.24, 2.45) is 5.92 Å². The Kier molecular flexibility index (Phi) is 3.69. The third kappa shape index (κ3) is 2.83. The molecule has 1 heterocycles. The fourth-order valence-corrected chi connectivity index (χ4v) is 1.98. The van der Waals surface area contributed by atoms with Gasteiger partial charge < -0.3 is 15.3 Å². The number of rotatable bonds is 3. The molecule has 19 heavy (non-hydrogen) atoms. The summed E-state index contributed by atoms with van der Waals surface area (Å²) in [6.07, 6.45) is 0. The largest absolute Gasteiger partial charge is 0.481 e. The van der Waals surface area contributed by atoms with Gasteiger partial charge in [0.1, 0.15) is 5.82 Å². The van der Waals surface area contributed by atoms with Gasteiger partial charge in [0.25, 0.3) is 0 Å². The highest BCUT2D eigenvalue weighted by Crippen LogP contribution is 2.19. The number of carboxylic acids is 1. The monoisotopic (exact) mass is 266 g/mol. The van der Waals surface area contributed by atoms with Gasteiger partial charge in [-0.15, -0.1) is 0 Å². The normalized spacial score (nSPS) is 16.6. The lowest BCUT2D eigenvalue weighted by molar-refractivity contribution is -0.146. The third-order valence-corrected chi connectivity index (χ3v) is 3.23. The molecule has 2 amide bonds. The zero-order valence-corrected chi connectivity index (χ0v) is 10.5. The summed E-state index contributed by atoms with van der Waals surface area (Å²) in [6.45, 7) is 2.08. The zero-order chi connectivity index (χ0) is 14.0. The first-order chi connectivity index (χ1) is 8.99. The molecule has 0 aliphatic carbocycles. The summed E-state index contributed by atoms with van der Waals surface area (Å²) in [7, 11) is 0. The van der Waals surface area contributed by atoms with Crippen LogP contribution >= 0.6 is 0 Å². The van der Waals surface area contributed by atoms with E-state index in [1.165, 1.54) is 11.0 Å². The molecule has 0 aromatic heterocycles. The van der Waals surface area contributed by atoms with Crippen LogP contribution in [-0.2, 0) is 4.79 Å². The number of nitrogens with zero attached hydrogens (tertiary/aromatic N) is 1. The van der Waals surface area contributed by atoms with Crippen molar-refractivity contribution in [2.45, 2.75) is 13.0 Å². The van der Waals surface area contributed by atoms with Crippen LogP contribution in [0.25, 0.3) is 0 Å². The van der Waals surface area contributed by atoms with Gasteiger partial charge in [0.15, 0.2) is 0 Å². The van der Waals surface area contributed by atoms with Crippen LogP contribution in [0.15, 0.2) is 24.3 Å². The molecule has 1 aliphatic heterocycles. The van der Waals surface area contributed by atoms with E-state index in [-0.39, 0.29) is 24.9 Å². The number of carboxylic acid groups (broad SMARTS) is 1. The van der Waals surface area contributed by atoms with Crippen LogP contribution < -0.4 is 5.32 Å². The van der Waals surface area contributed by atoms with Crippen LogP contribution in [-0.4, -0.2) is 35.1 Å². The maximum atomic E-state index is 13.5. The molecule has 5 nitrogen and oxygen atoms in total. The van der Waals surface area contributed by atoms with Gasteiger partial charge in [-0.25, -0.2) is 9.18 Å². The number of hydrogen-bond acceptors (Lipinski definition) is 2. The van der Waals surface area contributed by atoms with E-state index in [1.54, 1.807) is 25.1 Å². The van der Waals surface area contributed by atoms with Gasteiger partial charge in [-0.2, -0.15) is 0 Å². The molecule has 1 aromatic carbocycles. The minimum absolute atomic E-state index is 0.200. The average molecular weight is 266 g/mol. The van der Waals surface area contributed by atoms with E-state index >= 15 is 0 Å². The van der Waals surface area contributed by atoms with Gasteiger partial charge in [0.05, 0.1) is 12.0 Å². The molecule has 2 rings (SSSR count). The van der Waals surface area contributed by atoms with Gasteiger partial charge >= 0.3 is 12.0 Å². The molecule has 6 heteroatoms. The Morgan fingerprint density at radius 3 is 2.63 bits per heavy atom.